The van der Waals surface area contributed by atoms with Gasteiger partial charge >= 0.3 is 0 Å². The molecule has 0 heterocycles. The monoisotopic (exact) mass is 294 g/mol. The summed E-state index contributed by atoms with van der Waals surface area (Å²) in [5.41, 5.74) is 8.80. The average Bonchev–Trinajstić information content (AvgIpc) is 2.58. The van der Waals surface area contributed by atoms with Gasteiger partial charge in [0.15, 0.2) is 0 Å². The van der Waals surface area contributed by atoms with Crippen molar-refractivity contribution >= 4 is 0 Å². The molecular formula is C20H26N2. The van der Waals surface area contributed by atoms with E-state index in [9.17, 15) is 0 Å². The van der Waals surface area contributed by atoms with Crippen LogP contribution in [0.3, 0.4) is 0 Å². The number of hydrogen-bond donors (Lipinski definition) is 2. The fourth-order valence-electron chi connectivity index (χ4n) is 3.38. The number of hydrogen-bond acceptors (Lipinski definition) is 2. The molecule has 0 saturated heterocycles. The Morgan fingerprint density at radius 3 is 2.09 bits per heavy atom. The van der Waals surface area contributed by atoms with Gasteiger partial charge in [0.1, 0.15) is 0 Å². The van der Waals surface area contributed by atoms with Crippen molar-refractivity contribution in [1.29, 1.82) is 0 Å². The van der Waals surface area contributed by atoms with E-state index >= 15 is 0 Å². The average molecular weight is 294 g/mol. The summed E-state index contributed by atoms with van der Waals surface area (Å²) >= 11 is 0. The van der Waals surface area contributed by atoms with E-state index < -0.39 is 0 Å². The van der Waals surface area contributed by atoms with Crippen molar-refractivity contribution in [2.24, 2.45) is 5.73 Å². The van der Waals surface area contributed by atoms with E-state index in [-0.39, 0.29) is 0 Å². The second kappa shape index (κ2) is 7.57. The highest BCUT2D eigenvalue weighted by Gasteiger charge is 2.22. The van der Waals surface area contributed by atoms with Gasteiger partial charge in [0.25, 0.3) is 0 Å². The van der Waals surface area contributed by atoms with Crippen molar-refractivity contribution in [2.75, 3.05) is 0 Å². The van der Waals surface area contributed by atoms with Crippen LogP contribution in [0.15, 0.2) is 60.7 Å². The van der Waals surface area contributed by atoms with E-state index in [1.54, 1.807) is 0 Å². The minimum atomic E-state index is 0.378. The molecule has 0 aromatic heterocycles. The zero-order chi connectivity index (χ0) is 15.2. The second-order valence-corrected chi connectivity index (χ2v) is 6.43. The Morgan fingerprint density at radius 2 is 1.45 bits per heavy atom. The molecule has 1 atom stereocenters. The Kier molecular flexibility index (Phi) is 5.25. The highest BCUT2D eigenvalue weighted by atomic mass is 15.0. The van der Waals surface area contributed by atoms with Crippen LogP contribution in [-0.2, 0) is 6.42 Å². The Bertz CT molecular complexity index is 544. The summed E-state index contributed by atoms with van der Waals surface area (Å²) in [5.74, 6) is 0. The SMILES string of the molecule is NC1CCC(NC(Cc2ccccc2)c2ccccc2)CC1. The molecule has 1 aliphatic rings. The molecule has 1 saturated carbocycles. The number of benzene rings is 2. The van der Waals surface area contributed by atoms with E-state index in [1.165, 1.54) is 24.0 Å². The number of nitrogens with two attached hydrogens (primary N) is 1. The lowest BCUT2D eigenvalue weighted by atomic mass is 9.90. The molecule has 0 amide bonds. The zero-order valence-corrected chi connectivity index (χ0v) is 13.1. The maximum Gasteiger partial charge on any atom is 0.0363 e. The quantitative estimate of drug-likeness (QED) is 0.879. The summed E-state index contributed by atoms with van der Waals surface area (Å²) in [5, 5.41) is 3.89. The molecule has 3 N–H and O–H groups in total. The molecule has 1 unspecified atom stereocenters. The van der Waals surface area contributed by atoms with Crippen molar-refractivity contribution in [3.63, 3.8) is 0 Å². The van der Waals surface area contributed by atoms with Gasteiger partial charge in [-0.3, -0.25) is 0 Å². The van der Waals surface area contributed by atoms with E-state index in [0.29, 0.717) is 18.1 Å². The van der Waals surface area contributed by atoms with E-state index in [4.69, 9.17) is 5.73 Å². The molecule has 1 fully saturated rings. The lowest BCUT2D eigenvalue weighted by Gasteiger charge is -2.31. The predicted molar refractivity (Wildman–Crippen MR) is 92.7 cm³/mol. The van der Waals surface area contributed by atoms with Crippen molar-refractivity contribution in [1.82, 2.24) is 5.32 Å². The van der Waals surface area contributed by atoms with Crippen LogP contribution in [0.25, 0.3) is 0 Å². The van der Waals surface area contributed by atoms with Crippen LogP contribution in [-0.4, -0.2) is 12.1 Å². The first kappa shape index (κ1) is 15.3. The molecule has 0 bridgehead atoms. The summed E-state index contributed by atoms with van der Waals surface area (Å²) in [4.78, 5) is 0. The standard InChI is InChI=1S/C20H26N2/c21-18-11-13-19(14-12-18)22-20(17-9-5-2-6-10-17)15-16-7-3-1-4-8-16/h1-10,18-20,22H,11-15,21H2. The van der Waals surface area contributed by atoms with Crippen LogP contribution in [0, 0.1) is 0 Å². The molecule has 3 rings (SSSR count). The normalized spacial score (nSPS) is 23.1. The molecule has 2 heteroatoms. The molecule has 116 valence electrons. The molecule has 2 aromatic carbocycles. The summed E-state index contributed by atoms with van der Waals surface area (Å²) in [7, 11) is 0. The van der Waals surface area contributed by atoms with Crippen molar-refractivity contribution in [2.45, 2.75) is 50.2 Å². The van der Waals surface area contributed by atoms with Crippen molar-refractivity contribution < 1.29 is 0 Å². The van der Waals surface area contributed by atoms with Gasteiger partial charge in [-0.15, -0.1) is 0 Å². The molecule has 2 aromatic rings. The maximum atomic E-state index is 6.03. The van der Waals surface area contributed by atoms with Gasteiger partial charge in [0, 0.05) is 18.1 Å². The van der Waals surface area contributed by atoms with Crippen LogP contribution in [0.2, 0.25) is 0 Å². The Balaban J connectivity index is 1.72. The summed E-state index contributed by atoms with van der Waals surface area (Å²) in [6.07, 6.45) is 5.71. The third-order valence-electron chi connectivity index (χ3n) is 4.69. The topological polar surface area (TPSA) is 38.0 Å². The highest BCUT2D eigenvalue weighted by molar-refractivity contribution is 5.24. The van der Waals surface area contributed by atoms with E-state index in [0.717, 1.165) is 19.3 Å². The molecule has 0 aliphatic heterocycles. The molecular weight excluding hydrogens is 268 g/mol. The van der Waals surface area contributed by atoms with E-state index in [1.807, 2.05) is 0 Å². The van der Waals surface area contributed by atoms with Gasteiger partial charge in [-0.1, -0.05) is 60.7 Å². The highest BCUT2D eigenvalue weighted by Crippen LogP contribution is 2.24. The van der Waals surface area contributed by atoms with Gasteiger partial charge < -0.3 is 11.1 Å². The summed E-state index contributed by atoms with van der Waals surface area (Å²) < 4.78 is 0. The predicted octanol–water partition coefficient (Wildman–Crippen LogP) is 3.83. The fourth-order valence-corrected chi connectivity index (χ4v) is 3.38. The third-order valence-corrected chi connectivity index (χ3v) is 4.69. The lowest BCUT2D eigenvalue weighted by Crippen LogP contribution is -2.39. The van der Waals surface area contributed by atoms with E-state index in [2.05, 4.69) is 66.0 Å². The Morgan fingerprint density at radius 1 is 0.864 bits per heavy atom. The minimum absolute atomic E-state index is 0.378. The minimum Gasteiger partial charge on any atom is -0.328 e. The first-order valence-corrected chi connectivity index (χ1v) is 8.42. The van der Waals surface area contributed by atoms with Gasteiger partial charge in [-0.2, -0.15) is 0 Å². The molecule has 0 radical (unpaired) electrons. The Labute approximate surface area is 133 Å². The lowest BCUT2D eigenvalue weighted by molar-refractivity contribution is 0.314. The summed E-state index contributed by atoms with van der Waals surface area (Å²) in [6, 6.07) is 22.9. The first-order valence-electron chi connectivity index (χ1n) is 8.42. The first-order chi connectivity index (χ1) is 10.8. The van der Waals surface area contributed by atoms with Gasteiger partial charge in [-0.05, 0) is 43.2 Å². The van der Waals surface area contributed by atoms with Crippen LogP contribution < -0.4 is 11.1 Å². The van der Waals surface area contributed by atoms with Crippen LogP contribution in [0.4, 0.5) is 0 Å². The van der Waals surface area contributed by atoms with Crippen LogP contribution in [0.5, 0.6) is 0 Å². The van der Waals surface area contributed by atoms with Crippen LogP contribution >= 0.6 is 0 Å². The largest absolute Gasteiger partial charge is 0.328 e. The third kappa shape index (κ3) is 4.19. The van der Waals surface area contributed by atoms with Crippen molar-refractivity contribution in [3.05, 3.63) is 71.8 Å². The van der Waals surface area contributed by atoms with Crippen LogP contribution in [0.1, 0.15) is 42.9 Å². The molecule has 22 heavy (non-hydrogen) atoms. The van der Waals surface area contributed by atoms with Crippen molar-refractivity contribution in [3.8, 4) is 0 Å². The number of nitrogens with one attached hydrogen (secondary N) is 1. The van der Waals surface area contributed by atoms with Gasteiger partial charge in [0.05, 0.1) is 0 Å². The number of rotatable bonds is 5. The smallest absolute Gasteiger partial charge is 0.0363 e. The maximum absolute atomic E-state index is 6.03. The second-order valence-electron chi connectivity index (χ2n) is 6.43. The Hall–Kier alpha value is -1.64. The molecule has 2 nitrogen and oxygen atoms in total. The molecule has 1 aliphatic carbocycles. The van der Waals surface area contributed by atoms with Gasteiger partial charge in [0.2, 0.25) is 0 Å². The summed E-state index contributed by atoms with van der Waals surface area (Å²) in [6.45, 7) is 0. The zero-order valence-electron chi connectivity index (χ0n) is 13.1. The fraction of sp³-hybridized carbons (Fsp3) is 0.400. The molecule has 0 spiro atoms. The van der Waals surface area contributed by atoms with Gasteiger partial charge in [-0.25, -0.2) is 0 Å².